The highest BCUT2D eigenvalue weighted by atomic mass is 16.6. The number of carbonyl (C=O) groups is 1. The lowest BCUT2D eigenvalue weighted by atomic mass is 10.0. The molecule has 0 bridgehead atoms. The minimum atomic E-state index is -0.497. The average molecular weight is 581 g/mol. The Hall–Kier alpha value is -3.39. The predicted octanol–water partition coefficient (Wildman–Crippen LogP) is 5.38. The van der Waals surface area contributed by atoms with Gasteiger partial charge in [-0.05, 0) is 65.0 Å². The van der Waals surface area contributed by atoms with Gasteiger partial charge in [-0.3, -0.25) is 0 Å². The largest absolute Gasteiger partial charge is 0.444 e. The predicted molar refractivity (Wildman–Crippen MR) is 177 cm³/mol. The van der Waals surface area contributed by atoms with Crippen LogP contribution in [0.5, 0.6) is 0 Å². The van der Waals surface area contributed by atoms with Crippen molar-refractivity contribution in [1.29, 1.82) is 0 Å². The van der Waals surface area contributed by atoms with Crippen molar-refractivity contribution in [2.75, 3.05) is 52.4 Å². The third-order valence-electron chi connectivity index (χ3n) is 7.55. The molecule has 2 saturated heterocycles. The highest BCUT2D eigenvalue weighted by Gasteiger charge is 2.36. The van der Waals surface area contributed by atoms with Crippen LogP contribution in [0.1, 0.15) is 53.9 Å². The van der Waals surface area contributed by atoms with Gasteiger partial charge < -0.3 is 35.4 Å². The molecule has 42 heavy (non-hydrogen) atoms. The number of rotatable bonds is 16. The molecular weight excluding hydrogens is 524 g/mol. The van der Waals surface area contributed by atoms with Gasteiger partial charge in [0.2, 0.25) is 0 Å². The molecule has 0 aliphatic carbocycles. The number of hydrogen-bond acceptors (Lipinski definition) is 7. The summed E-state index contributed by atoms with van der Waals surface area (Å²) < 4.78 is 5.51. The molecule has 0 atom stereocenters. The number of hydrogen-bond donors (Lipinski definition) is 2. The maximum absolute atomic E-state index is 12.4. The van der Waals surface area contributed by atoms with Crippen LogP contribution in [0.3, 0.4) is 0 Å². The first-order chi connectivity index (χ1) is 19.7. The Kier molecular flexibility index (Phi) is 13.5. The highest BCUT2D eigenvalue weighted by molar-refractivity contribution is 5.69. The number of nitrogens with zero attached hydrogens (tertiary/aromatic N) is 4. The van der Waals surface area contributed by atoms with Gasteiger partial charge in [-0.1, -0.05) is 37.5 Å². The van der Waals surface area contributed by atoms with E-state index in [9.17, 15) is 4.79 Å². The van der Waals surface area contributed by atoms with Gasteiger partial charge in [0.1, 0.15) is 5.60 Å². The molecule has 0 aromatic carbocycles. The molecule has 2 rings (SSSR count). The molecule has 2 heterocycles. The fourth-order valence-electron chi connectivity index (χ4n) is 4.91. The minimum absolute atomic E-state index is 0.202. The maximum atomic E-state index is 12.4. The fraction of sp³-hybridized carbons (Fsp3) is 0.559. The van der Waals surface area contributed by atoms with Crippen LogP contribution in [-0.4, -0.2) is 95.7 Å². The van der Waals surface area contributed by atoms with Crippen molar-refractivity contribution in [2.45, 2.75) is 71.6 Å². The summed E-state index contributed by atoms with van der Waals surface area (Å²) in [6.07, 6.45) is 10.8. The van der Waals surface area contributed by atoms with E-state index in [1.54, 1.807) is 4.90 Å². The van der Waals surface area contributed by atoms with E-state index in [2.05, 4.69) is 59.1 Å². The summed E-state index contributed by atoms with van der Waals surface area (Å²) >= 11 is 0. The van der Waals surface area contributed by atoms with Gasteiger partial charge in [-0.25, -0.2) is 4.79 Å². The van der Waals surface area contributed by atoms with Crippen molar-refractivity contribution in [3.63, 3.8) is 0 Å². The third kappa shape index (κ3) is 11.5. The minimum Gasteiger partial charge on any atom is -0.444 e. The maximum Gasteiger partial charge on any atom is 0.410 e. The fourth-order valence-corrected chi connectivity index (χ4v) is 4.91. The van der Waals surface area contributed by atoms with Crippen LogP contribution in [0.15, 0.2) is 85.6 Å². The molecule has 0 unspecified atom stereocenters. The Labute approximate surface area is 255 Å². The van der Waals surface area contributed by atoms with E-state index in [0.717, 1.165) is 73.6 Å². The van der Waals surface area contributed by atoms with Gasteiger partial charge in [0.25, 0.3) is 0 Å². The second-order valence-electron chi connectivity index (χ2n) is 12.6. The van der Waals surface area contributed by atoms with Crippen molar-refractivity contribution in [3.05, 3.63) is 85.6 Å². The number of nitrogens with one attached hydrogen (secondary N) is 1. The molecular formula is C34H56N6O2. The third-order valence-corrected chi connectivity index (χ3v) is 7.55. The first-order valence-corrected chi connectivity index (χ1v) is 15.1. The second-order valence-corrected chi connectivity index (χ2v) is 12.6. The molecule has 0 aromatic heterocycles. The zero-order valence-electron chi connectivity index (χ0n) is 27.0. The number of allylic oxidation sites excluding steroid dienone is 2. The summed E-state index contributed by atoms with van der Waals surface area (Å²) in [4.78, 5) is 21.2. The van der Waals surface area contributed by atoms with Gasteiger partial charge in [-0.2, -0.15) is 0 Å². The lowest BCUT2D eigenvalue weighted by Crippen LogP contribution is -2.60. The van der Waals surface area contributed by atoms with Crippen LogP contribution in [-0.2, 0) is 4.74 Å². The average Bonchev–Trinajstić information content (AvgIpc) is 2.87. The van der Waals surface area contributed by atoms with Crippen molar-refractivity contribution in [2.24, 2.45) is 5.73 Å². The molecule has 0 spiro atoms. The monoisotopic (exact) mass is 580 g/mol. The molecule has 0 saturated carbocycles. The molecule has 8 heteroatoms. The van der Waals surface area contributed by atoms with Gasteiger partial charge in [0, 0.05) is 76.5 Å². The lowest BCUT2D eigenvalue weighted by Gasteiger charge is -2.45. The van der Waals surface area contributed by atoms with E-state index in [0.29, 0.717) is 32.2 Å². The zero-order chi connectivity index (χ0) is 31.4. The summed E-state index contributed by atoms with van der Waals surface area (Å²) in [6, 6.07) is 0.656. The van der Waals surface area contributed by atoms with Crippen LogP contribution in [0.4, 0.5) is 4.79 Å². The van der Waals surface area contributed by atoms with E-state index < -0.39 is 5.60 Å². The number of likely N-dealkylation sites (tertiary alicyclic amines) is 2. The normalized spacial score (nSPS) is 17.2. The van der Waals surface area contributed by atoms with Gasteiger partial charge in [0.15, 0.2) is 0 Å². The van der Waals surface area contributed by atoms with Crippen molar-refractivity contribution in [1.82, 2.24) is 24.9 Å². The molecule has 0 radical (unpaired) electrons. The van der Waals surface area contributed by atoms with E-state index in [1.807, 2.05) is 53.0 Å². The number of piperidine rings is 1. The Bertz CT molecular complexity index is 1040. The number of amides is 1. The summed E-state index contributed by atoms with van der Waals surface area (Å²) in [7, 11) is 0. The highest BCUT2D eigenvalue weighted by Crippen LogP contribution is 2.22. The van der Waals surface area contributed by atoms with Crippen LogP contribution < -0.4 is 11.1 Å². The first-order valence-electron chi connectivity index (χ1n) is 15.1. The molecule has 0 aromatic rings. The SMILES string of the molecule is C=CCN(/C=C(/N)C(=C)C)C1CCN(CCC(=C)CN/C(=C/N(CC=C)C2CN(C(=O)OC(C)(C)C)C2)C(=C)C)CC1. The molecule has 234 valence electrons. The number of carbonyl (C=O) groups excluding carboxylic acids is 1. The number of ether oxygens (including phenoxy) is 1. The quantitative estimate of drug-likeness (QED) is 0.188. The van der Waals surface area contributed by atoms with Crippen LogP contribution >= 0.6 is 0 Å². The molecule has 2 aliphatic rings. The van der Waals surface area contributed by atoms with Gasteiger partial charge in [-0.15, -0.1) is 13.2 Å². The standard InChI is InChI=1S/C34H56N6O2/c1-11-16-38(24-31(35)26(3)4)29-14-19-37(20-15-29)18-13-28(7)21-36-32(27(5)6)25-39(17-12-2)30-22-40(23-30)33(41)42-34(8,9)10/h11-12,24-25,29-30,36H,1-3,5,7,13-23,35H2,4,6,8-10H3/b31-24+,32-25+. The molecule has 1 amide bonds. The lowest BCUT2D eigenvalue weighted by molar-refractivity contribution is -0.00643. The van der Waals surface area contributed by atoms with Crippen LogP contribution in [0, 0.1) is 0 Å². The summed E-state index contributed by atoms with van der Waals surface area (Å²) in [5, 5.41) is 3.55. The molecule has 8 nitrogen and oxygen atoms in total. The van der Waals surface area contributed by atoms with E-state index >= 15 is 0 Å². The molecule has 2 aliphatic heterocycles. The Morgan fingerprint density at radius 2 is 1.55 bits per heavy atom. The smallest absolute Gasteiger partial charge is 0.410 e. The number of nitrogens with two attached hydrogens (primary N) is 1. The Morgan fingerprint density at radius 3 is 2.05 bits per heavy atom. The molecule has 3 N–H and O–H groups in total. The second kappa shape index (κ2) is 16.3. The zero-order valence-corrected chi connectivity index (χ0v) is 27.0. The van der Waals surface area contributed by atoms with E-state index in [1.165, 1.54) is 0 Å². The topological polar surface area (TPSA) is 77.3 Å². The molecule has 2 fully saturated rings. The first kappa shape index (κ1) is 34.8. The van der Waals surface area contributed by atoms with Crippen molar-refractivity contribution >= 4 is 6.09 Å². The van der Waals surface area contributed by atoms with Crippen LogP contribution in [0.25, 0.3) is 0 Å². The van der Waals surface area contributed by atoms with E-state index in [4.69, 9.17) is 10.5 Å². The summed E-state index contributed by atoms with van der Waals surface area (Å²) in [5.41, 5.74) is 10.4. The Morgan fingerprint density at radius 1 is 0.976 bits per heavy atom. The van der Waals surface area contributed by atoms with Crippen molar-refractivity contribution < 1.29 is 9.53 Å². The summed E-state index contributed by atoms with van der Waals surface area (Å²) in [5.74, 6) is 0. The summed E-state index contributed by atoms with van der Waals surface area (Å²) in [6.45, 7) is 36.4. The van der Waals surface area contributed by atoms with Crippen molar-refractivity contribution in [3.8, 4) is 0 Å². The van der Waals surface area contributed by atoms with Gasteiger partial charge >= 0.3 is 6.09 Å². The van der Waals surface area contributed by atoms with Crippen LogP contribution in [0.2, 0.25) is 0 Å². The van der Waals surface area contributed by atoms with Gasteiger partial charge in [0.05, 0.1) is 11.7 Å². The Balaban J connectivity index is 1.84. The van der Waals surface area contributed by atoms with E-state index in [-0.39, 0.29) is 12.1 Å².